The number of hydrogen-bond acceptors (Lipinski definition) is 4. The van der Waals surface area contributed by atoms with Gasteiger partial charge in [0.15, 0.2) is 0 Å². The van der Waals surface area contributed by atoms with Gasteiger partial charge in [-0.05, 0) is 37.8 Å². The summed E-state index contributed by atoms with van der Waals surface area (Å²) in [5, 5.41) is 3.49. The number of nitrogens with one attached hydrogen (secondary N) is 1. The summed E-state index contributed by atoms with van der Waals surface area (Å²) in [5.74, 6) is 0.970. The summed E-state index contributed by atoms with van der Waals surface area (Å²) in [6.07, 6.45) is 2.32. The number of benzene rings is 1. The number of carbonyl (C=O) groups is 1. The topological polar surface area (TPSA) is 68.5 Å². The van der Waals surface area contributed by atoms with Crippen LogP contribution in [0.25, 0.3) is 11.0 Å². The molecule has 21 heavy (non-hydrogen) atoms. The van der Waals surface area contributed by atoms with E-state index in [2.05, 4.69) is 5.32 Å². The Kier molecular flexibility index (Phi) is 3.64. The van der Waals surface area contributed by atoms with E-state index >= 15 is 0 Å². The van der Waals surface area contributed by atoms with Crippen LogP contribution in [0.3, 0.4) is 0 Å². The van der Waals surface area contributed by atoms with Crippen molar-refractivity contribution in [2.24, 2.45) is 5.92 Å². The summed E-state index contributed by atoms with van der Waals surface area (Å²) in [6, 6.07) is 6.39. The first-order valence-corrected chi connectivity index (χ1v) is 7.16. The second-order valence-electron chi connectivity index (χ2n) is 5.22. The normalized spacial score (nSPS) is 14.1. The third kappa shape index (κ3) is 3.07. The number of carbonyl (C=O) groups excluding carboxylic acids is 1. The molecular formula is C16H17NO4. The molecule has 1 amide bonds. The SMILES string of the molecule is CCOc1ccc2c(C(=O)NCC3CC3)cc(=O)oc2c1. The molecule has 2 aromatic rings. The van der Waals surface area contributed by atoms with Crippen LogP contribution in [0, 0.1) is 5.92 Å². The first kappa shape index (κ1) is 13.7. The second-order valence-corrected chi connectivity index (χ2v) is 5.22. The summed E-state index contributed by atoms with van der Waals surface area (Å²) < 4.78 is 10.5. The van der Waals surface area contributed by atoms with Crippen LogP contribution in [0.4, 0.5) is 0 Å². The number of hydrogen-bond donors (Lipinski definition) is 1. The summed E-state index contributed by atoms with van der Waals surface area (Å²) in [7, 11) is 0. The lowest BCUT2D eigenvalue weighted by Gasteiger charge is -2.08. The molecule has 1 aliphatic rings. The summed E-state index contributed by atoms with van der Waals surface area (Å²) in [4.78, 5) is 23.9. The predicted octanol–water partition coefficient (Wildman–Crippen LogP) is 2.33. The smallest absolute Gasteiger partial charge is 0.337 e. The van der Waals surface area contributed by atoms with Crippen molar-refractivity contribution in [2.45, 2.75) is 19.8 Å². The van der Waals surface area contributed by atoms with Crippen molar-refractivity contribution in [1.82, 2.24) is 5.32 Å². The molecule has 1 fully saturated rings. The highest BCUT2D eigenvalue weighted by molar-refractivity contribution is 6.05. The van der Waals surface area contributed by atoms with E-state index in [9.17, 15) is 9.59 Å². The van der Waals surface area contributed by atoms with Gasteiger partial charge < -0.3 is 14.5 Å². The van der Waals surface area contributed by atoms with Gasteiger partial charge in [-0.2, -0.15) is 0 Å². The Morgan fingerprint density at radius 2 is 2.19 bits per heavy atom. The molecule has 1 aliphatic carbocycles. The molecule has 0 unspecified atom stereocenters. The Morgan fingerprint density at radius 1 is 1.38 bits per heavy atom. The molecule has 0 radical (unpaired) electrons. The van der Waals surface area contributed by atoms with Gasteiger partial charge in [0.05, 0.1) is 12.2 Å². The maximum Gasteiger partial charge on any atom is 0.337 e. The maximum atomic E-state index is 12.2. The molecule has 110 valence electrons. The largest absolute Gasteiger partial charge is 0.494 e. The van der Waals surface area contributed by atoms with Crippen molar-refractivity contribution in [3.8, 4) is 5.75 Å². The fraction of sp³-hybridized carbons (Fsp3) is 0.375. The first-order chi connectivity index (χ1) is 10.2. The molecule has 5 nitrogen and oxygen atoms in total. The zero-order valence-corrected chi connectivity index (χ0v) is 11.8. The lowest BCUT2D eigenvalue weighted by Crippen LogP contribution is -2.26. The highest BCUT2D eigenvalue weighted by atomic mass is 16.5. The third-order valence-electron chi connectivity index (χ3n) is 3.52. The molecule has 1 heterocycles. The minimum Gasteiger partial charge on any atom is -0.494 e. The quantitative estimate of drug-likeness (QED) is 0.857. The lowest BCUT2D eigenvalue weighted by atomic mass is 10.1. The van der Waals surface area contributed by atoms with Crippen molar-refractivity contribution in [3.63, 3.8) is 0 Å². The molecule has 0 atom stereocenters. The molecule has 1 aromatic carbocycles. The van der Waals surface area contributed by atoms with Gasteiger partial charge >= 0.3 is 5.63 Å². The molecule has 0 spiro atoms. The van der Waals surface area contributed by atoms with Crippen LogP contribution in [-0.4, -0.2) is 19.1 Å². The summed E-state index contributed by atoms with van der Waals surface area (Å²) >= 11 is 0. The van der Waals surface area contributed by atoms with E-state index in [-0.39, 0.29) is 5.91 Å². The van der Waals surface area contributed by atoms with E-state index in [1.165, 1.54) is 6.07 Å². The highest BCUT2D eigenvalue weighted by Gasteiger charge is 2.22. The van der Waals surface area contributed by atoms with Crippen LogP contribution in [0.5, 0.6) is 5.75 Å². The van der Waals surface area contributed by atoms with Crippen molar-refractivity contribution >= 4 is 16.9 Å². The van der Waals surface area contributed by atoms with Crippen LogP contribution in [0.2, 0.25) is 0 Å². The van der Waals surface area contributed by atoms with E-state index in [0.717, 1.165) is 12.8 Å². The van der Waals surface area contributed by atoms with Gasteiger partial charge in [0.1, 0.15) is 11.3 Å². The van der Waals surface area contributed by atoms with Crippen LogP contribution < -0.4 is 15.7 Å². The molecule has 5 heteroatoms. The highest BCUT2D eigenvalue weighted by Crippen LogP contribution is 2.28. The monoisotopic (exact) mass is 287 g/mol. The summed E-state index contributed by atoms with van der Waals surface area (Å²) in [5.41, 5.74) is 0.183. The van der Waals surface area contributed by atoms with Crippen molar-refractivity contribution in [2.75, 3.05) is 13.2 Å². The summed E-state index contributed by atoms with van der Waals surface area (Å²) in [6.45, 7) is 3.07. The van der Waals surface area contributed by atoms with E-state index in [0.29, 0.717) is 41.4 Å². The molecule has 3 rings (SSSR count). The molecule has 1 saturated carbocycles. The standard InChI is InChI=1S/C16H17NO4/c1-2-20-11-5-6-12-13(8-15(18)21-14(12)7-11)16(19)17-9-10-3-4-10/h5-8,10H,2-4,9H2,1H3,(H,17,19). The maximum absolute atomic E-state index is 12.2. The predicted molar refractivity (Wildman–Crippen MR) is 78.7 cm³/mol. The fourth-order valence-electron chi connectivity index (χ4n) is 2.24. The van der Waals surface area contributed by atoms with Gasteiger partial charge in [0, 0.05) is 24.1 Å². The fourth-order valence-corrected chi connectivity index (χ4v) is 2.24. The Bertz CT molecular complexity index is 731. The zero-order valence-electron chi connectivity index (χ0n) is 11.8. The molecule has 1 aromatic heterocycles. The van der Waals surface area contributed by atoms with Gasteiger partial charge in [0.25, 0.3) is 5.91 Å². The van der Waals surface area contributed by atoms with Crippen LogP contribution in [0.15, 0.2) is 33.5 Å². The van der Waals surface area contributed by atoms with Gasteiger partial charge in [-0.15, -0.1) is 0 Å². The van der Waals surface area contributed by atoms with E-state index < -0.39 is 5.63 Å². The molecule has 1 N–H and O–H groups in total. The lowest BCUT2D eigenvalue weighted by molar-refractivity contribution is 0.0953. The van der Waals surface area contributed by atoms with Gasteiger partial charge in [-0.3, -0.25) is 4.79 Å². The molecule has 0 bridgehead atoms. The zero-order chi connectivity index (χ0) is 14.8. The van der Waals surface area contributed by atoms with Gasteiger partial charge in [-0.1, -0.05) is 0 Å². The number of rotatable bonds is 5. The van der Waals surface area contributed by atoms with Crippen LogP contribution in [0.1, 0.15) is 30.1 Å². The second kappa shape index (κ2) is 5.60. The van der Waals surface area contributed by atoms with Gasteiger partial charge in [0.2, 0.25) is 0 Å². The van der Waals surface area contributed by atoms with Crippen molar-refractivity contribution in [3.05, 3.63) is 40.2 Å². The van der Waals surface area contributed by atoms with E-state index in [1.807, 2.05) is 6.92 Å². The van der Waals surface area contributed by atoms with E-state index in [4.69, 9.17) is 9.15 Å². The van der Waals surface area contributed by atoms with Crippen LogP contribution >= 0.6 is 0 Å². The third-order valence-corrected chi connectivity index (χ3v) is 3.52. The first-order valence-electron chi connectivity index (χ1n) is 7.16. The Balaban J connectivity index is 1.96. The minimum atomic E-state index is -0.535. The molecule has 0 aliphatic heterocycles. The van der Waals surface area contributed by atoms with Crippen molar-refractivity contribution in [1.29, 1.82) is 0 Å². The molecule has 0 saturated heterocycles. The van der Waals surface area contributed by atoms with Crippen molar-refractivity contribution < 1.29 is 13.9 Å². The Hall–Kier alpha value is -2.30. The Morgan fingerprint density at radius 3 is 2.90 bits per heavy atom. The number of amides is 1. The average molecular weight is 287 g/mol. The van der Waals surface area contributed by atoms with Gasteiger partial charge in [-0.25, -0.2) is 4.79 Å². The average Bonchev–Trinajstić information content (AvgIpc) is 3.28. The number of ether oxygens (including phenoxy) is 1. The number of fused-ring (bicyclic) bond motifs is 1. The minimum absolute atomic E-state index is 0.232. The molecular weight excluding hydrogens is 270 g/mol. The van der Waals surface area contributed by atoms with E-state index in [1.54, 1.807) is 18.2 Å². The van der Waals surface area contributed by atoms with Crippen LogP contribution in [-0.2, 0) is 0 Å². The Labute approximate surface area is 121 Å².